The first-order valence-corrected chi connectivity index (χ1v) is 5.58. The standard InChI is InChI=1S/C10H9FN2O2S/c11-7-2-1-3-8(12)6(7)4-13-9(14)5-16-10(13)15/h1-3H,4-5,12H2. The number of benzene rings is 1. The fraction of sp³-hybridized carbons (Fsp3) is 0.200. The second kappa shape index (κ2) is 4.13. The molecule has 0 aromatic heterocycles. The highest BCUT2D eigenvalue weighted by Crippen LogP contribution is 2.24. The number of carbonyl (C=O) groups is 2. The first-order valence-electron chi connectivity index (χ1n) is 4.59. The monoisotopic (exact) mass is 240 g/mol. The van der Waals surface area contributed by atoms with Crippen molar-refractivity contribution in [1.29, 1.82) is 0 Å². The second-order valence-corrected chi connectivity index (χ2v) is 4.27. The highest BCUT2D eigenvalue weighted by Gasteiger charge is 2.30. The van der Waals surface area contributed by atoms with Crippen molar-refractivity contribution in [2.75, 3.05) is 11.5 Å². The molecular formula is C10H9FN2O2S. The molecule has 0 saturated carbocycles. The summed E-state index contributed by atoms with van der Waals surface area (Å²) in [4.78, 5) is 23.7. The van der Waals surface area contributed by atoms with Gasteiger partial charge >= 0.3 is 0 Å². The third-order valence-electron chi connectivity index (χ3n) is 2.31. The van der Waals surface area contributed by atoms with Crippen molar-refractivity contribution in [3.05, 3.63) is 29.6 Å². The summed E-state index contributed by atoms with van der Waals surface area (Å²) in [6.45, 7) is -0.0941. The number of thioether (sulfide) groups is 1. The maximum absolute atomic E-state index is 13.4. The van der Waals surface area contributed by atoms with Crippen molar-refractivity contribution in [3.63, 3.8) is 0 Å². The van der Waals surface area contributed by atoms with E-state index in [1.807, 2.05) is 0 Å². The zero-order valence-corrected chi connectivity index (χ0v) is 9.09. The van der Waals surface area contributed by atoms with E-state index in [1.165, 1.54) is 18.2 Å². The van der Waals surface area contributed by atoms with E-state index in [9.17, 15) is 14.0 Å². The third-order valence-corrected chi connectivity index (χ3v) is 3.17. The smallest absolute Gasteiger partial charge is 0.289 e. The summed E-state index contributed by atoms with van der Waals surface area (Å²) >= 11 is 0.919. The maximum atomic E-state index is 13.4. The summed E-state index contributed by atoms with van der Waals surface area (Å²) in [5.41, 5.74) is 6.03. The molecule has 2 N–H and O–H groups in total. The topological polar surface area (TPSA) is 63.4 Å². The molecule has 16 heavy (non-hydrogen) atoms. The Morgan fingerprint density at radius 2 is 2.19 bits per heavy atom. The molecule has 1 aliphatic rings. The summed E-state index contributed by atoms with van der Waals surface area (Å²) in [5.74, 6) is -0.692. The van der Waals surface area contributed by atoms with E-state index in [-0.39, 0.29) is 34.7 Å². The molecule has 0 bridgehead atoms. The predicted octanol–water partition coefficient (Wildman–Crippen LogP) is 1.60. The lowest BCUT2D eigenvalue weighted by Gasteiger charge is -2.14. The van der Waals surface area contributed by atoms with E-state index in [1.54, 1.807) is 0 Å². The first kappa shape index (κ1) is 10.9. The number of rotatable bonds is 2. The van der Waals surface area contributed by atoms with E-state index >= 15 is 0 Å². The van der Waals surface area contributed by atoms with Gasteiger partial charge in [0, 0.05) is 11.3 Å². The number of amides is 2. The Morgan fingerprint density at radius 1 is 1.44 bits per heavy atom. The molecule has 1 aromatic rings. The number of nitrogens with zero attached hydrogens (tertiary/aromatic N) is 1. The number of hydrogen-bond donors (Lipinski definition) is 1. The van der Waals surface area contributed by atoms with Crippen LogP contribution < -0.4 is 5.73 Å². The molecule has 4 nitrogen and oxygen atoms in total. The number of nitrogens with two attached hydrogens (primary N) is 1. The molecule has 2 rings (SSSR count). The average molecular weight is 240 g/mol. The number of anilines is 1. The van der Waals surface area contributed by atoms with Crippen LogP contribution in [0.15, 0.2) is 18.2 Å². The highest BCUT2D eigenvalue weighted by atomic mass is 32.2. The number of carbonyl (C=O) groups excluding carboxylic acids is 2. The molecule has 1 fully saturated rings. The lowest BCUT2D eigenvalue weighted by atomic mass is 10.1. The third kappa shape index (κ3) is 1.88. The number of imide groups is 1. The van der Waals surface area contributed by atoms with Crippen LogP contribution in [0.2, 0.25) is 0 Å². The number of nitrogen functional groups attached to an aromatic ring is 1. The van der Waals surface area contributed by atoms with Crippen LogP contribution in [0, 0.1) is 5.82 Å². The van der Waals surface area contributed by atoms with Gasteiger partial charge in [0.2, 0.25) is 5.91 Å². The highest BCUT2D eigenvalue weighted by molar-refractivity contribution is 8.14. The Hall–Kier alpha value is -1.56. The Morgan fingerprint density at radius 3 is 2.75 bits per heavy atom. The van der Waals surface area contributed by atoms with Crippen LogP contribution in [0.5, 0.6) is 0 Å². The molecule has 1 aliphatic heterocycles. The fourth-order valence-corrected chi connectivity index (χ4v) is 2.16. The zero-order valence-electron chi connectivity index (χ0n) is 8.27. The van der Waals surface area contributed by atoms with Crippen molar-refractivity contribution in [2.24, 2.45) is 0 Å². The molecule has 0 aliphatic carbocycles. The largest absolute Gasteiger partial charge is 0.398 e. The molecule has 0 atom stereocenters. The number of halogens is 1. The molecule has 1 saturated heterocycles. The molecule has 0 unspecified atom stereocenters. The van der Waals surface area contributed by atoms with Gasteiger partial charge in [-0.25, -0.2) is 4.39 Å². The Kier molecular flexibility index (Phi) is 2.82. The minimum atomic E-state index is -0.502. The first-order chi connectivity index (χ1) is 7.59. The van der Waals surface area contributed by atoms with Gasteiger partial charge in [-0.2, -0.15) is 0 Å². The Labute approximate surface area is 95.6 Å². The molecule has 1 aromatic carbocycles. The quantitative estimate of drug-likeness (QED) is 0.797. The summed E-state index contributed by atoms with van der Waals surface area (Å²) < 4.78 is 13.4. The van der Waals surface area contributed by atoms with Gasteiger partial charge < -0.3 is 5.73 Å². The van der Waals surface area contributed by atoms with Gasteiger partial charge in [-0.15, -0.1) is 0 Å². The summed E-state index contributed by atoms with van der Waals surface area (Å²) in [6.07, 6.45) is 0. The van der Waals surface area contributed by atoms with Crippen molar-refractivity contribution >= 4 is 28.6 Å². The molecule has 2 amide bonds. The van der Waals surface area contributed by atoms with Crippen molar-refractivity contribution in [3.8, 4) is 0 Å². The number of hydrogen-bond acceptors (Lipinski definition) is 4. The van der Waals surface area contributed by atoms with E-state index < -0.39 is 5.82 Å². The van der Waals surface area contributed by atoms with Crippen LogP contribution in [0.3, 0.4) is 0 Å². The fourth-order valence-electron chi connectivity index (χ4n) is 1.43. The summed E-state index contributed by atoms with van der Waals surface area (Å²) in [7, 11) is 0. The predicted molar refractivity (Wildman–Crippen MR) is 59.2 cm³/mol. The van der Waals surface area contributed by atoms with Crippen LogP contribution >= 0.6 is 11.8 Å². The van der Waals surface area contributed by atoms with Crippen molar-refractivity contribution < 1.29 is 14.0 Å². The minimum Gasteiger partial charge on any atom is -0.398 e. The second-order valence-electron chi connectivity index (χ2n) is 3.34. The lowest BCUT2D eigenvalue weighted by molar-refractivity contribution is -0.125. The normalized spacial score (nSPS) is 15.9. The molecule has 0 spiro atoms. The minimum absolute atomic E-state index is 0.0941. The molecule has 0 radical (unpaired) electrons. The van der Waals surface area contributed by atoms with Gasteiger partial charge in [0.05, 0.1) is 12.3 Å². The Bertz CT molecular complexity index is 428. The van der Waals surface area contributed by atoms with Crippen LogP contribution in [0.4, 0.5) is 14.9 Å². The summed E-state index contributed by atoms with van der Waals surface area (Å²) in [6, 6.07) is 4.27. The van der Waals surface area contributed by atoms with Gasteiger partial charge in [-0.1, -0.05) is 17.8 Å². The van der Waals surface area contributed by atoms with Crippen LogP contribution in [-0.2, 0) is 11.3 Å². The van der Waals surface area contributed by atoms with Crippen molar-refractivity contribution in [2.45, 2.75) is 6.54 Å². The van der Waals surface area contributed by atoms with Gasteiger partial charge in [0.25, 0.3) is 5.24 Å². The van der Waals surface area contributed by atoms with E-state index in [4.69, 9.17) is 5.73 Å². The van der Waals surface area contributed by atoms with Crippen LogP contribution in [0.1, 0.15) is 5.56 Å². The lowest BCUT2D eigenvalue weighted by Crippen LogP contribution is -2.28. The Balaban J connectivity index is 2.27. The van der Waals surface area contributed by atoms with Crippen LogP contribution in [0.25, 0.3) is 0 Å². The molecular weight excluding hydrogens is 231 g/mol. The van der Waals surface area contributed by atoms with E-state index in [0.717, 1.165) is 16.7 Å². The maximum Gasteiger partial charge on any atom is 0.289 e. The molecule has 84 valence electrons. The van der Waals surface area contributed by atoms with Gasteiger partial charge in [0.15, 0.2) is 0 Å². The van der Waals surface area contributed by atoms with Crippen molar-refractivity contribution in [1.82, 2.24) is 4.90 Å². The van der Waals surface area contributed by atoms with E-state index in [0.29, 0.717) is 0 Å². The van der Waals surface area contributed by atoms with Crippen LogP contribution in [-0.4, -0.2) is 21.8 Å². The SMILES string of the molecule is Nc1cccc(F)c1CN1C(=O)CSC1=O. The van der Waals surface area contributed by atoms with E-state index in [2.05, 4.69) is 0 Å². The van der Waals surface area contributed by atoms with Gasteiger partial charge in [-0.3, -0.25) is 14.5 Å². The molecule has 6 heteroatoms. The average Bonchev–Trinajstić information content (AvgIpc) is 2.54. The zero-order chi connectivity index (χ0) is 11.7. The molecule has 1 heterocycles. The van der Waals surface area contributed by atoms with Gasteiger partial charge in [0.1, 0.15) is 5.82 Å². The van der Waals surface area contributed by atoms with Gasteiger partial charge in [-0.05, 0) is 12.1 Å². The summed E-state index contributed by atoms with van der Waals surface area (Å²) in [5, 5.41) is -0.354.